The van der Waals surface area contributed by atoms with E-state index >= 15 is 0 Å². The van der Waals surface area contributed by atoms with Gasteiger partial charge in [0.15, 0.2) is 0 Å². The van der Waals surface area contributed by atoms with Gasteiger partial charge in [-0.3, -0.25) is 0 Å². The highest BCUT2D eigenvalue weighted by Crippen LogP contribution is 2.55. The molecule has 0 aliphatic heterocycles. The van der Waals surface area contributed by atoms with Crippen LogP contribution in [0.3, 0.4) is 0 Å². The second-order valence-electron chi connectivity index (χ2n) is 6.21. The van der Waals surface area contributed by atoms with Gasteiger partial charge in [-0.05, 0) is 49.4 Å². The van der Waals surface area contributed by atoms with Crippen LogP contribution < -0.4 is 0 Å². The van der Waals surface area contributed by atoms with Gasteiger partial charge in [-0.2, -0.15) is 0 Å². The summed E-state index contributed by atoms with van der Waals surface area (Å²) in [5.74, 6) is 3.44. The van der Waals surface area contributed by atoms with Crippen molar-refractivity contribution in [1.29, 1.82) is 0 Å². The molecule has 16 heavy (non-hydrogen) atoms. The lowest BCUT2D eigenvalue weighted by atomic mass is 9.86. The standard InChI is InChI=1S/C15H28O/c1-3-5-6-11(4-2)7-15(16)14-9-12-8-13(12)10-14/h11-16H,3-10H2,1-2H3. The molecule has 2 aliphatic rings. The third kappa shape index (κ3) is 3.00. The van der Waals surface area contributed by atoms with E-state index in [1.54, 1.807) is 0 Å². The van der Waals surface area contributed by atoms with Crippen molar-refractivity contribution in [2.45, 2.75) is 71.3 Å². The van der Waals surface area contributed by atoms with Gasteiger partial charge in [0.1, 0.15) is 0 Å². The van der Waals surface area contributed by atoms with Crippen molar-refractivity contribution in [3.63, 3.8) is 0 Å². The number of fused-ring (bicyclic) bond motifs is 1. The predicted octanol–water partition coefficient (Wildman–Crippen LogP) is 4.00. The van der Waals surface area contributed by atoms with E-state index in [-0.39, 0.29) is 6.10 Å². The van der Waals surface area contributed by atoms with Crippen molar-refractivity contribution in [3.05, 3.63) is 0 Å². The molecule has 1 nitrogen and oxygen atoms in total. The molecule has 0 heterocycles. The number of aliphatic hydroxyl groups is 1. The Bertz CT molecular complexity index is 203. The van der Waals surface area contributed by atoms with Crippen molar-refractivity contribution in [2.75, 3.05) is 0 Å². The highest BCUT2D eigenvalue weighted by molar-refractivity contribution is 4.97. The van der Waals surface area contributed by atoms with Gasteiger partial charge in [-0.15, -0.1) is 0 Å². The second kappa shape index (κ2) is 5.53. The van der Waals surface area contributed by atoms with E-state index in [0.717, 1.165) is 24.2 Å². The van der Waals surface area contributed by atoms with Gasteiger partial charge in [0.05, 0.1) is 6.10 Å². The van der Waals surface area contributed by atoms with Crippen LogP contribution in [0.15, 0.2) is 0 Å². The Morgan fingerprint density at radius 1 is 1.12 bits per heavy atom. The van der Waals surface area contributed by atoms with Crippen molar-refractivity contribution >= 4 is 0 Å². The first kappa shape index (κ1) is 12.4. The maximum Gasteiger partial charge on any atom is 0.0571 e. The van der Waals surface area contributed by atoms with Crippen molar-refractivity contribution in [2.24, 2.45) is 23.7 Å². The Labute approximate surface area is 101 Å². The van der Waals surface area contributed by atoms with Crippen LogP contribution in [0.5, 0.6) is 0 Å². The minimum atomic E-state index is 0.00889. The minimum absolute atomic E-state index is 0.00889. The summed E-state index contributed by atoms with van der Waals surface area (Å²) in [4.78, 5) is 0. The zero-order valence-corrected chi connectivity index (χ0v) is 11.0. The summed E-state index contributed by atoms with van der Waals surface area (Å²) < 4.78 is 0. The molecule has 4 unspecified atom stereocenters. The summed E-state index contributed by atoms with van der Waals surface area (Å²) in [5, 5.41) is 10.3. The number of hydrogen-bond acceptors (Lipinski definition) is 1. The molecule has 1 N–H and O–H groups in total. The molecule has 0 aromatic heterocycles. The lowest BCUT2D eigenvalue weighted by Gasteiger charge is -2.24. The summed E-state index contributed by atoms with van der Waals surface area (Å²) >= 11 is 0. The van der Waals surface area contributed by atoms with Gasteiger partial charge in [-0.25, -0.2) is 0 Å². The van der Waals surface area contributed by atoms with Crippen LogP contribution in [0.2, 0.25) is 0 Å². The molecule has 1 heteroatoms. The molecule has 0 amide bonds. The number of rotatable bonds is 7. The molecule has 2 rings (SSSR count). The molecule has 4 atom stereocenters. The van der Waals surface area contributed by atoms with Crippen molar-refractivity contribution < 1.29 is 5.11 Å². The lowest BCUT2D eigenvalue weighted by molar-refractivity contribution is 0.0755. The average Bonchev–Trinajstić information content (AvgIpc) is 2.91. The maximum absolute atomic E-state index is 10.3. The molecular weight excluding hydrogens is 196 g/mol. The topological polar surface area (TPSA) is 20.2 Å². The van der Waals surface area contributed by atoms with Crippen LogP contribution in [0.25, 0.3) is 0 Å². The summed E-state index contributed by atoms with van der Waals surface area (Å²) in [6.07, 6.45) is 10.4. The fraction of sp³-hybridized carbons (Fsp3) is 1.00. The second-order valence-corrected chi connectivity index (χ2v) is 6.21. The Balaban J connectivity index is 1.69. The fourth-order valence-corrected chi connectivity index (χ4v) is 3.59. The normalized spacial score (nSPS) is 35.8. The van der Waals surface area contributed by atoms with Crippen LogP contribution in [0.4, 0.5) is 0 Å². The van der Waals surface area contributed by atoms with Crippen LogP contribution >= 0.6 is 0 Å². The van der Waals surface area contributed by atoms with E-state index in [1.165, 1.54) is 44.9 Å². The summed E-state index contributed by atoms with van der Waals surface area (Å²) in [5.41, 5.74) is 0. The van der Waals surface area contributed by atoms with Gasteiger partial charge in [0.2, 0.25) is 0 Å². The van der Waals surface area contributed by atoms with Crippen molar-refractivity contribution in [1.82, 2.24) is 0 Å². The van der Waals surface area contributed by atoms with E-state index in [1.807, 2.05) is 0 Å². The minimum Gasteiger partial charge on any atom is -0.393 e. The van der Waals surface area contributed by atoms with Crippen LogP contribution in [-0.2, 0) is 0 Å². The quantitative estimate of drug-likeness (QED) is 0.693. The molecule has 0 aromatic rings. The lowest BCUT2D eigenvalue weighted by Crippen LogP contribution is -2.22. The molecule has 0 aromatic carbocycles. The molecule has 0 radical (unpaired) electrons. The molecule has 94 valence electrons. The van der Waals surface area contributed by atoms with Gasteiger partial charge in [0, 0.05) is 0 Å². The first-order valence-electron chi connectivity index (χ1n) is 7.42. The monoisotopic (exact) mass is 224 g/mol. The van der Waals surface area contributed by atoms with Crippen LogP contribution in [-0.4, -0.2) is 11.2 Å². The third-order valence-corrected chi connectivity index (χ3v) is 4.94. The summed E-state index contributed by atoms with van der Waals surface area (Å²) in [6.45, 7) is 4.53. The largest absolute Gasteiger partial charge is 0.393 e. The Morgan fingerprint density at radius 3 is 2.38 bits per heavy atom. The van der Waals surface area contributed by atoms with Gasteiger partial charge in [0.25, 0.3) is 0 Å². The SMILES string of the molecule is CCCCC(CC)CC(O)C1CC2CC2C1. The summed E-state index contributed by atoms with van der Waals surface area (Å²) in [7, 11) is 0. The Morgan fingerprint density at radius 2 is 1.81 bits per heavy atom. The smallest absolute Gasteiger partial charge is 0.0571 e. The zero-order chi connectivity index (χ0) is 11.5. The summed E-state index contributed by atoms with van der Waals surface area (Å²) in [6, 6.07) is 0. The number of hydrogen-bond donors (Lipinski definition) is 1. The highest BCUT2D eigenvalue weighted by atomic mass is 16.3. The zero-order valence-electron chi connectivity index (χ0n) is 11.0. The predicted molar refractivity (Wildman–Crippen MR) is 68.3 cm³/mol. The Hall–Kier alpha value is -0.0400. The average molecular weight is 224 g/mol. The van der Waals surface area contributed by atoms with Gasteiger partial charge in [-0.1, -0.05) is 39.5 Å². The maximum atomic E-state index is 10.3. The Kier molecular flexibility index (Phi) is 4.29. The van der Waals surface area contributed by atoms with Gasteiger partial charge >= 0.3 is 0 Å². The number of aliphatic hydroxyl groups excluding tert-OH is 1. The first-order chi connectivity index (χ1) is 7.74. The molecule has 2 fully saturated rings. The first-order valence-corrected chi connectivity index (χ1v) is 7.42. The fourth-order valence-electron chi connectivity index (χ4n) is 3.59. The molecule has 2 saturated carbocycles. The van der Waals surface area contributed by atoms with Crippen LogP contribution in [0, 0.1) is 23.7 Å². The third-order valence-electron chi connectivity index (χ3n) is 4.94. The van der Waals surface area contributed by atoms with Crippen molar-refractivity contribution in [3.8, 4) is 0 Å². The van der Waals surface area contributed by atoms with E-state index < -0.39 is 0 Å². The highest BCUT2D eigenvalue weighted by Gasteiger charge is 2.47. The van der Waals surface area contributed by atoms with Crippen LogP contribution in [0.1, 0.15) is 65.2 Å². The molecule has 2 aliphatic carbocycles. The molecule has 0 saturated heterocycles. The van der Waals surface area contributed by atoms with Gasteiger partial charge < -0.3 is 5.11 Å². The van der Waals surface area contributed by atoms with E-state index in [4.69, 9.17) is 0 Å². The molecular formula is C15H28O. The van der Waals surface area contributed by atoms with E-state index in [2.05, 4.69) is 13.8 Å². The number of unbranched alkanes of at least 4 members (excludes halogenated alkanes) is 1. The van der Waals surface area contributed by atoms with E-state index in [9.17, 15) is 5.11 Å². The molecule has 0 bridgehead atoms. The van der Waals surface area contributed by atoms with E-state index in [0.29, 0.717) is 5.92 Å². The molecule has 0 spiro atoms.